The van der Waals surface area contributed by atoms with Gasteiger partial charge in [-0.25, -0.2) is 4.98 Å². The summed E-state index contributed by atoms with van der Waals surface area (Å²) in [4.78, 5) is 18.4. The molecule has 1 saturated carbocycles. The molecule has 0 atom stereocenters. The molecule has 102 valence electrons. The van der Waals surface area contributed by atoms with Gasteiger partial charge in [-0.05, 0) is 37.8 Å². The average molecular weight is 259 g/mol. The molecule has 0 spiro atoms. The third-order valence-corrected chi connectivity index (χ3v) is 3.92. The van der Waals surface area contributed by atoms with E-state index >= 15 is 0 Å². The summed E-state index contributed by atoms with van der Waals surface area (Å²) in [6.45, 7) is 2.24. The smallest absolute Gasteiger partial charge is 0.228 e. The Kier molecular flexibility index (Phi) is 3.67. The number of hydrogen-bond donors (Lipinski definition) is 1. The summed E-state index contributed by atoms with van der Waals surface area (Å²) in [5.74, 6) is 1.03. The summed E-state index contributed by atoms with van der Waals surface area (Å²) < 4.78 is 0. The maximum atomic E-state index is 11.6. The van der Waals surface area contributed by atoms with E-state index in [1.165, 1.54) is 31.4 Å². The first-order valence-corrected chi connectivity index (χ1v) is 7.35. The molecule has 2 fully saturated rings. The first-order valence-electron chi connectivity index (χ1n) is 7.35. The molecule has 2 heterocycles. The van der Waals surface area contributed by atoms with E-state index in [1.807, 2.05) is 12.3 Å². The van der Waals surface area contributed by atoms with Crippen LogP contribution in [0.2, 0.25) is 0 Å². The van der Waals surface area contributed by atoms with Crippen molar-refractivity contribution in [2.24, 2.45) is 5.92 Å². The molecule has 19 heavy (non-hydrogen) atoms. The highest BCUT2D eigenvalue weighted by atomic mass is 16.2. The number of carbonyl (C=O) groups is 1. The first kappa shape index (κ1) is 12.5. The lowest BCUT2D eigenvalue weighted by Gasteiger charge is -2.22. The van der Waals surface area contributed by atoms with Gasteiger partial charge in [-0.1, -0.05) is 12.8 Å². The minimum atomic E-state index is 0.120. The van der Waals surface area contributed by atoms with Crippen molar-refractivity contribution in [2.45, 2.75) is 38.5 Å². The third kappa shape index (κ3) is 3.25. The largest absolute Gasteiger partial charge is 0.370 e. The maximum Gasteiger partial charge on any atom is 0.228 e. The fraction of sp³-hybridized carbons (Fsp3) is 0.600. The zero-order valence-corrected chi connectivity index (χ0v) is 11.3. The highest BCUT2D eigenvalue weighted by molar-refractivity contribution is 5.93. The van der Waals surface area contributed by atoms with Crippen LogP contribution in [-0.4, -0.2) is 24.0 Å². The molecule has 0 aromatic carbocycles. The molecule has 1 aromatic rings. The molecule has 4 nitrogen and oxygen atoms in total. The van der Waals surface area contributed by atoms with Gasteiger partial charge in [-0.15, -0.1) is 0 Å². The standard InChI is InChI=1S/C15H21N3O/c19-15(12-5-6-12)17-14-8-7-13(11-16-14)18-9-3-1-2-4-10-18/h7-8,11-12H,1-6,9-10H2,(H,16,17,19). The van der Waals surface area contributed by atoms with Crippen LogP contribution in [0.5, 0.6) is 0 Å². The van der Waals surface area contributed by atoms with E-state index in [2.05, 4.69) is 21.3 Å². The molecule has 1 aliphatic heterocycles. The molecule has 1 saturated heterocycles. The molecule has 1 N–H and O–H groups in total. The molecular formula is C15H21N3O. The van der Waals surface area contributed by atoms with E-state index in [9.17, 15) is 4.79 Å². The van der Waals surface area contributed by atoms with Gasteiger partial charge in [0, 0.05) is 19.0 Å². The Bertz CT molecular complexity index is 431. The molecule has 3 rings (SSSR count). The van der Waals surface area contributed by atoms with Gasteiger partial charge in [0.2, 0.25) is 5.91 Å². The summed E-state index contributed by atoms with van der Waals surface area (Å²) >= 11 is 0. The van der Waals surface area contributed by atoms with E-state index in [4.69, 9.17) is 0 Å². The molecule has 0 radical (unpaired) electrons. The van der Waals surface area contributed by atoms with Crippen LogP contribution < -0.4 is 10.2 Å². The van der Waals surface area contributed by atoms with Gasteiger partial charge >= 0.3 is 0 Å². The quantitative estimate of drug-likeness (QED) is 0.908. The Morgan fingerprint density at radius 3 is 2.47 bits per heavy atom. The summed E-state index contributed by atoms with van der Waals surface area (Å²) in [6, 6.07) is 3.99. The SMILES string of the molecule is O=C(Nc1ccc(N2CCCCCC2)cn1)C1CC1. The van der Waals surface area contributed by atoms with E-state index in [0.29, 0.717) is 5.82 Å². The Balaban J connectivity index is 1.62. The number of pyridine rings is 1. The number of carbonyl (C=O) groups excluding carboxylic acids is 1. The van der Waals surface area contributed by atoms with Crippen LogP contribution in [0.3, 0.4) is 0 Å². The Labute approximate surface area is 114 Å². The van der Waals surface area contributed by atoms with Crippen LogP contribution >= 0.6 is 0 Å². The molecular weight excluding hydrogens is 238 g/mol. The number of aromatic nitrogens is 1. The number of amides is 1. The number of anilines is 2. The van der Waals surface area contributed by atoms with Crippen LogP contribution in [0.15, 0.2) is 18.3 Å². The molecule has 1 aliphatic carbocycles. The van der Waals surface area contributed by atoms with Crippen LogP contribution in [-0.2, 0) is 4.79 Å². The molecule has 1 amide bonds. The van der Waals surface area contributed by atoms with Crippen LogP contribution in [0.1, 0.15) is 38.5 Å². The summed E-state index contributed by atoms with van der Waals surface area (Å²) in [6.07, 6.45) is 9.13. The zero-order chi connectivity index (χ0) is 13.1. The van der Waals surface area contributed by atoms with E-state index < -0.39 is 0 Å². The normalized spacial score (nSPS) is 19.9. The monoisotopic (exact) mass is 259 g/mol. The van der Waals surface area contributed by atoms with Crippen LogP contribution in [0.4, 0.5) is 11.5 Å². The lowest BCUT2D eigenvalue weighted by Crippen LogP contribution is -2.24. The van der Waals surface area contributed by atoms with Crippen molar-refractivity contribution in [3.8, 4) is 0 Å². The first-order chi connectivity index (χ1) is 9.33. The van der Waals surface area contributed by atoms with Gasteiger partial charge in [0.1, 0.15) is 5.82 Å². The molecule has 0 unspecified atom stereocenters. The molecule has 0 bridgehead atoms. The number of hydrogen-bond acceptors (Lipinski definition) is 3. The summed E-state index contributed by atoms with van der Waals surface area (Å²) in [5.41, 5.74) is 1.17. The summed E-state index contributed by atoms with van der Waals surface area (Å²) in [7, 11) is 0. The molecule has 2 aliphatic rings. The van der Waals surface area contributed by atoms with Gasteiger partial charge in [0.15, 0.2) is 0 Å². The van der Waals surface area contributed by atoms with E-state index in [1.54, 1.807) is 0 Å². The average Bonchev–Trinajstić information content (AvgIpc) is 3.27. The number of nitrogens with zero attached hydrogens (tertiary/aromatic N) is 2. The van der Waals surface area contributed by atoms with E-state index in [0.717, 1.165) is 25.9 Å². The second kappa shape index (κ2) is 5.59. The van der Waals surface area contributed by atoms with Crippen molar-refractivity contribution in [1.82, 2.24) is 4.98 Å². The van der Waals surface area contributed by atoms with Gasteiger partial charge in [0.05, 0.1) is 11.9 Å². The Morgan fingerprint density at radius 2 is 1.89 bits per heavy atom. The van der Waals surface area contributed by atoms with E-state index in [-0.39, 0.29) is 11.8 Å². The fourth-order valence-electron chi connectivity index (χ4n) is 2.55. The van der Waals surface area contributed by atoms with Crippen molar-refractivity contribution in [3.63, 3.8) is 0 Å². The topological polar surface area (TPSA) is 45.2 Å². The predicted octanol–water partition coefficient (Wildman–Crippen LogP) is 2.81. The maximum absolute atomic E-state index is 11.6. The predicted molar refractivity (Wildman–Crippen MR) is 76.3 cm³/mol. The van der Waals surface area contributed by atoms with Crippen LogP contribution in [0.25, 0.3) is 0 Å². The highest BCUT2D eigenvalue weighted by Gasteiger charge is 2.29. The highest BCUT2D eigenvalue weighted by Crippen LogP contribution is 2.30. The Hall–Kier alpha value is -1.58. The van der Waals surface area contributed by atoms with Crippen LogP contribution in [0, 0.1) is 5.92 Å². The fourth-order valence-corrected chi connectivity index (χ4v) is 2.55. The van der Waals surface area contributed by atoms with Crippen molar-refractivity contribution < 1.29 is 4.79 Å². The number of rotatable bonds is 3. The van der Waals surface area contributed by atoms with Gasteiger partial charge in [-0.2, -0.15) is 0 Å². The van der Waals surface area contributed by atoms with Crippen molar-refractivity contribution in [1.29, 1.82) is 0 Å². The Morgan fingerprint density at radius 1 is 1.16 bits per heavy atom. The van der Waals surface area contributed by atoms with Gasteiger partial charge < -0.3 is 10.2 Å². The zero-order valence-electron chi connectivity index (χ0n) is 11.3. The minimum absolute atomic E-state index is 0.120. The van der Waals surface area contributed by atoms with Crippen molar-refractivity contribution in [3.05, 3.63) is 18.3 Å². The lowest BCUT2D eigenvalue weighted by atomic mass is 10.2. The molecule has 4 heteroatoms. The molecule has 1 aromatic heterocycles. The minimum Gasteiger partial charge on any atom is -0.370 e. The van der Waals surface area contributed by atoms with Gasteiger partial charge in [0.25, 0.3) is 0 Å². The van der Waals surface area contributed by atoms with Crippen molar-refractivity contribution in [2.75, 3.05) is 23.3 Å². The second-order valence-corrected chi connectivity index (χ2v) is 5.57. The summed E-state index contributed by atoms with van der Waals surface area (Å²) in [5, 5.41) is 2.88. The van der Waals surface area contributed by atoms with Gasteiger partial charge in [-0.3, -0.25) is 4.79 Å². The second-order valence-electron chi connectivity index (χ2n) is 5.57. The lowest BCUT2D eigenvalue weighted by molar-refractivity contribution is -0.117. The number of nitrogens with one attached hydrogen (secondary N) is 1. The third-order valence-electron chi connectivity index (χ3n) is 3.92. The van der Waals surface area contributed by atoms with Crippen molar-refractivity contribution >= 4 is 17.4 Å².